The molecule has 2 rings (SSSR count). The summed E-state index contributed by atoms with van der Waals surface area (Å²) in [4.78, 5) is 4.61. The first-order valence-corrected chi connectivity index (χ1v) is 9.05. The van der Waals surface area contributed by atoms with Gasteiger partial charge in [0.15, 0.2) is 17.5 Å². The number of aliphatic imine (C=N–C) groups is 1. The minimum atomic E-state index is 0.524. The molecule has 2 aromatic rings. The molecule has 0 radical (unpaired) electrons. The summed E-state index contributed by atoms with van der Waals surface area (Å²) in [6.45, 7) is 3.86. The third-order valence-corrected chi connectivity index (χ3v) is 4.16. The van der Waals surface area contributed by atoms with Gasteiger partial charge in [-0.05, 0) is 36.8 Å². The van der Waals surface area contributed by atoms with Crippen LogP contribution in [-0.2, 0) is 13.1 Å². The number of methoxy groups -OCH3 is 3. The van der Waals surface area contributed by atoms with E-state index in [4.69, 9.17) is 25.8 Å². The summed E-state index contributed by atoms with van der Waals surface area (Å²) in [5.74, 6) is 2.55. The van der Waals surface area contributed by atoms with Crippen LogP contribution < -0.4 is 24.8 Å². The Hall–Kier alpha value is -2.60. The Bertz CT molecular complexity index is 764. The molecule has 27 heavy (non-hydrogen) atoms. The van der Waals surface area contributed by atoms with Crippen molar-refractivity contribution in [3.8, 4) is 17.2 Å². The largest absolute Gasteiger partial charge is 0.493 e. The summed E-state index contributed by atoms with van der Waals surface area (Å²) in [5.41, 5.74) is 2.02. The third kappa shape index (κ3) is 5.69. The lowest BCUT2D eigenvalue weighted by Gasteiger charge is -2.17. The molecule has 0 aliphatic carbocycles. The lowest BCUT2D eigenvalue weighted by Crippen LogP contribution is -2.36. The molecule has 0 aliphatic rings. The normalized spacial score (nSPS) is 11.1. The number of nitrogens with zero attached hydrogens (tertiary/aromatic N) is 1. The van der Waals surface area contributed by atoms with Crippen molar-refractivity contribution in [2.45, 2.75) is 20.0 Å². The van der Waals surface area contributed by atoms with E-state index in [0.717, 1.165) is 17.7 Å². The van der Waals surface area contributed by atoms with Gasteiger partial charge in [0.2, 0.25) is 5.75 Å². The van der Waals surface area contributed by atoms with Gasteiger partial charge >= 0.3 is 0 Å². The van der Waals surface area contributed by atoms with Crippen molar-refractivity contribution in [2.75, 3.05) is 27.9 Å². The summed E-state index contributed by atoms with van der Waals surface area (Å²) in [6, 6.07) is 11.5. The SMILES string of the molecule is CCNC(=NCc1ccc(Cl)cc1)NCc1ccc(OC)c(OC)c1OC. The Balaban J connectivity index is 2.13. The van der Waals surface area contributed by atoms with Gasteiger partial charge < -0.3 is 24.8 Å². The lowest BCUT2D eigenvalue weighted by molar-refractivity contribution is 0.322. The average molecular weight is 392 g/mol. The van der Waals surface area contributed by atoms with E-state index < -0.39 is 0 Å². The number of guanidine groups is 1. The summed E-state index contributed by atoms with van der Waals surface area (Å²) < 4.78 is 16.3. The molecule has 7 heteroatoms. The maximum Gasteiger partial charge on any atom is 0.203 e. The molecule has 2 aromatic carbocycles. The van der Waals surface area contributed by atoms with Crippen molar-refractivity contribution in [3.05, 3.63) is 52.5 Å². The zero-order chi connectivity index (χ0) is 19.6. The lowest BCUT2D eigenvalue weighted by atomic mass is 10.1. The molecule has 0 saturated carbocycles. The molecular weight excluding hydrogens is 366 g/mol. The molecular formula is C20H26ClN3O3. The molecule has 0 saturated heterocycles. The van der Waals surface area contributed by atoms with Crippen LogP contribution in [0.1, 0.15) is 18.1 Å². The molecule has 146 valence electrons. The maximum absolute atomic E-state index is 5.92. The first-order chi connectivity index (χ1) is 13.1. The van der Waals surface area contributed by atoms with Gasteiger partial charge in [0.25, 0.3) is 0 Å². The van der Waals surface area contributed by atoms with Crippen LogP contribution in [0.3, 0.4) is 0 Å². The summed E-state index contributed by atoms with van der Waals surface area (Å²) in [5, 5.41) is 7.27. The van der Waals surface area contributed by atoms with Crippen molar-refractivity contribution in [3.63, 3.8) is 0 Å². The van der Waals surface area contributed by atoms with E-state index >= 15 is 0 Å². The van der Waals surface area contributed by atoms with Gasteiger partial charge in [-0.3, -0.25) is 0 Å². The molecule has 0 fully saturated rings. The van der Waals surface area contributed by atoms with Gasteiger partial charge in [0.05, 0.1) is 27.9 Å². The molecule has 2 N–H and O–H groups in total. The van der Waals surface area contributed by atoms with E-state index in [2.05, 4.69) is 15.6 Å². The highest BCUT2D eigenvalue weighted by atomic mass is 35.5. The Kier molecular flexibility index (Phi) is 8.07. The van der Waals surface area contributed by atoms with E-state index in [1.807, 2.05) is 43.3 Å². The van der Waals surface area contributed by atoms with Crippen LogP contribution in [0.5, 0.6) is 17.2 Å². The van der Waals surface area contributed by atoms with Crippen LogP contribution in [0.4, 0.5) is 0 Å². The average Bonchev–Trinajstić information content (AvgIpc) is 2.70. The quantitative estimate of drug-likeness (QED) is 0.531. The number of nitrogens with one attached hydrogen (secondary N) is 2. The van der Waals surface area contributed by atoms with Crippen molar-refractivity contribution < 1.29 is 14.2 Å². The van der Waals surface area contributed by atoms with Crippen LogP contribution in [0.15, 0.2) is 41.4 Å². The summed E-state index contributed by atoms with van der Waals surface area (Å²) in [6.07, 6.45) is 0. The van der Waals surface area contributed by atoms with Gasteiger partial charge in [0, 0.05) is 23.7 Å². The van der Waals surface area contributed by atoms with E-state index in [1.165, 1.54) is 0 Å². The molecule has 0 heterocycles. The van der Waals surface area contributed by atoms with Gasteiger partial charge in [0.1, 0.15) is 0 Å². The van der Waals surface area contributed by atoms with E-state index in [1.54, 1.807) is 21.3 Å². The number of hydrogen-bond acceptors (Lipinski definition) is 4. The fraction of sp³-hybridized carbons (Fsp3) is 0.350. The van der Waals surface area contributed by atoms with Gasteiger partial charge in [-0.25, -0.2) is 4.99 Å². The zero-order valence-corrected chi connectivity index (χ0v) is 16.9. The number of rotatable bonds is 8. The monoisotopic (exact) mass is 391 g/mol. The minimum Gasteiger partial charge on any atom is -0.493 e. The number of ether oxygens (including phenoxy) is 3. The Morgan fingerprint density at radius 3 is 2.22 bits per heavy atom. The highest BCUT2D eigenvalue weighted by Gasteiger charge is 2.15. The molecule has 0 bridgehead atoms. The first-order valence-electron chi connectivity index (χ1n) is 8.67. The second-order valence-electron chi connectivity index (χ2n) is 5.67. The predicted octanol–water partition coefficient (Wildman–Crippen LogP) is 3.62. The summed E-state index contributed by atoms with van der Waals surface area (Å²) in [7, 11) is 4.80. The van der Waals surface area contributed by atoms with Gasteiger partial charge in [-0.15, -0.1) is 0 Å². The second-order valence-corrected chi connectivity index (χ2v) is 6.11. The highest BCUT2D eigenvalue weighted by Crippen LogP contribution is 2.39. The Morgan fingerprint density at radius 1 is 0.926 bits per heavy atom. The first kappa shape index (κ1) is 20.7. The van der Waals surface area contributed by atoms with E-state index in [-0.39, 0.29) is 0 Å². The summed E-state index contributed by atoms with van der Waals surface area (Å²) >= 11 is 5.92. The minimum absolute atomic E-state index is 0.524. The van der Waals surface area contributed by atoms with Gasteiger partial charge in [-0.2, -0.15) is 0 Å². The van der Waals surface area contributed by atoms with Crippen LogP contribution in [0.2, 0.25) is 5.02 Å². The molecule has 6 nitrogen and oxygen atoms in total. The fourth-order valence-corrected chi connectivity index (χ4v) is 2.71. The van der Waals surface area contributed by atoms with E-state index in [0.29, 0.717) is 41.3 Å². The molecule has 0 aromatic heterocycles. The van der Waals surface area contributed by atoms with Crippen LogP contribution in [0, 0.1) is 0 Å². The standard InChI is InChI=1S/C20H26ClN3O3/c1-5-22-20(23-12-14-6-9-16(21)10-7-14)24-13-15-8-11-17(25-2)19(27-4)18(15)26-3/h6-11H,5,12-13H2,1-4H3,(H2,22,23,24). The van der Waals surface area contributed by atoms with Crippen LogP contribution in [0.25, 0.3) is 0 Å². The molecule has 0 amide bonds. The third-order valence-electron chi connectivity index (χ3n) is 3.91. The molecule has 0 aliphatic heterocycles. The van der Waals surface area contributed by atoms with Crippen molar-refractivity contribution in [2.24, 2.45) is 4.99 Å². The maximum atomic E-state index is 5.92. The van der Waals surface area contributed by atoms with Crippen LogP contribution in [-0.4, -0.2) is 33.8 Å². The number of hydrogen-bond donors (Lipinski definition) is 2. The van der Waals surface area contributed by atoms with E-state index in [9.17, 15) is 0 Å². The van der Waals surface area contributed by atoms with Crippen molar-refractivity contribution in [1.29, 1.82) is 0 Å². The Labute approximate surface area is 165 Å². The second kappa shape index (κ2) is 10.5. The van der Waals surface area contributed by atoms with Crippen molar-refractivity contribution in [1.82, 2.24) is 10.6 Å². The van der Waals surface area contributed by atoms with Gasteiger partial charge in [-0.1, -0.05) is 23.7 Å². The van der Waals surface area contributed by atoms with Crippen LogP contribution >= 0.6 is 11.6 Å². The highest BCUT2D eigenvalue weighted by molar-refractivity contribution is 6.30. The fourth-order valence-electron chi connectivity index (χ4n) is 2.58. The smallest absolute Gasteiger partial charge is 0.203 e. The Morgan fingerprint density at radius 2 is 1.63 bits per heavy atom. The zero-order valence-electron chi connectivity index (χ0n) is 16.1. The molecule has 0 atom stereocenters. The number of halogens is 1. The molecule has 0 unspecified atom stereocenters. The topological polar surface area (TPSA) is 64.1 Å². The predicted molar refractivity (Wildman–Crippen MR) is 109 cm³/mol. The number of benzene rings is 2. The molecule has 0 spiro atoms. The van der Waals surface area contributed by atoms with Crippen molar-refractivity contribution >= 4 is 17.6 Å².